The summed E-state index contributed by atoms with van der Waals surface area (Å²) < 4.78 is 5.99. The molecular formula is C18H26N2O. The lowest BCUT2D eigenvalue weighted by atomic mass is 10.1. The Morgan fingerprint density at radius 3 is 2.76 bits per heavy atom. The minimum absolute atomic E-state index is 0.221. The topological polar surface area (TPSA) is 33.3 Å². The first-order chi connectivity index (χ1) is 10.3. The molecule has 0 amide bonds. The molecule has 1 heterocycles. The summed E-state index contributed by atoms with van der Waals surface area (Å²) in [5.41, 5.74) is 1.22. The highest BCUT2D eigenvalue weighted by atomic mass is 16.5. The van der Waals surface area contributed by atoms with Gasteiger partial charge in [0.05, 0.1) is 18.5 Å². The summed E-state index contributed by atoms with van der Waals surface area (Å²) in [6.07, 6.45) is 8.69. The van der Waals surface area contributed by atoms with Gasteiger partial charge in [0.2, 0.25) is 0 Å². The Hall–Kier alpha value is -1.74. The minimum atomic E-state index is 0.221. The van der Waals surface area contributed by atoms with Crippen LogP contribution >= 0.6 is 0 Å². The van der Waals surface area contributed by atoms with E-state index >= 15 is 0 Å². The Labute approximate surface area is 128 Å². The average Bonchev–Trinajstić information content (AvgIpc) is 2.56. The molecule has 0 fully saturated rings. The van der Waals surface area contributed by atoms with Crippen LogP contribution in [0.15, 0.2) is 54.4 Å². The monoisotopic (exact) mass is 286 g/mol. The summed E-state index contributed by atoms with van der Waals surface area (Å²) in [5, 5.41) is 6.91. The predicted molar refractivity (Wildman–Crippen MR) is 87.8 cm³/mol. The average molecular weight is 286 g/mol. The molecule has 1 aliphatic heterocycles. The molecule has 3 heteroatoms. The van der Waals surface area contributed by atoms with Gasteiger partial charge in [-0.25, -0.2) is 0 Å². The third-order valence-electron chi connectivity index (χ3n) is 3.69. The van der Waals surface area contributed by atoms with E-state index in [1.165, 1.54) is 5.56 Å². The molecule has 2 rings (SSSR count). The van der Waals surface area contributed by atoms with Gasteiger partial charge in [-0.3, -0.25) is 0 Å². The van der Waals surface area contributed by atoms with E-state index in [0.717, 1.165) is 25.2 Å². The number of benzene rings is 1. The molecule has 0 radical (unpaired) electrons. The Balaban J connectivity index is 1.75. The third kappa shape index (κ3) is 5.27. The lowest BCUT2D eigenvalue weighted by Crippen LogP contribution is -2.38. The zero-order valence-electron chi connectivity index (χ0n) is 13.0. The summed E-state index contributed by atoms with van der Waals surface area (Å²) in [6.45, 7) is 5.84. The van der Waals surface area contributed by atoms with Crippen molar-refractivity contribution in [1.29, 1.82) is 0 Å². The number of hydrogen-bond acceptors (Lipinski definition) is 3. The quantitative estimate of drug-likeness (QED) is 0.769. The second-order valence-corrected chi connectivity index (χ2v) is 5.33. The first kappa shape index (κ1) is 15.6. The van der Waals surface area contributed by atoms with Gasteiger partial charge in [-0.15, -0.1) is 0 Å². The molecule has 0 aromatic heterocycles. The zero-order chi connectivity index (χ0) is 14.9. The number of dihydropyridines is 1. The molecule has 0 bridgehead atoms. The number of ether oxygens (including phenoxy) is 1. The third-order valence-corrected chi connectivity index (χ3v) is 3.69. The fourth-order valence-electron chi connectivity index (χ4n) is 2.26. The van der Waals surface area contributed by atoms with Crippen LogP contribution in [-0.4, -0.2) is 18.7 Å². The Morgan fingerprint density at radius 2 is 2.05 bits per heavy atom. The van der Waals surface area contributed by atoms with Gasteiger partial charge < -0.3 is 15.4 Å². The van der Waals surface area contributed by atoms with E-state index < -0.39 is 0 Å². The highest BCUT2D eigenvalue weighted by Crippen LogP contribution is 2.07. The summed E-state index contributed by atoms with van der Waals surface area (Å²) in [6, 6.07) is 10.8. The van der Waals surface area contributed by atoms with Crippen molar-refractivity contribution in [2.45, 2.75) is 45.4 Å². The first-order valence-corrected chi connectivity index (χ1v) is 7.86. The van der Waals surface area contributed by atoms with Gasteiger partial charge in [0.1, 0.15) is 0 Å². The van der Waals surface area contributed by atoms with Crippen LogP contribution in [-0.2, 0) is 11.3 Å². The zero-order valence-corrected chi connectivity index (χ0v) is 13.0. The van der Waals surface area contributed by atoms with Crippen LogP contribution in [0.25, 0.3) is 0 Å². The fourth-order valence-corrected chi connectivity index (χ4v) is 2.26. The van der Waals surface area contributed by atoms with Crippen LogP contribution in [0.5, 0.6) is 0 Å². The molecule has 0 saturated heterocycles. The van der Waals surface area contributed by atoms with Crippen molar-refractivity contribution >= 4 is 0 Å². The first-order valence-electron chi connectivity index (χ1n) is 7.86. The summed E-state index contributed by atoms with van der Waals surface area (Å²) >= 11 is 0. The molecule has 2 unspecified atom stereocenters. The van der Waals surface area contributed by atoms with Crippen LogP contribution in [0, 0.1) is 0 Å². The normalized spacial score (nSPS) is 18.8. The van der Waals surface area contributed by atoms with Crippen molar-refractivity contribution < 1.29 is 4.74 Å². The van der Waals surface area contributed by atoms with Crippen molar-refractivity contribution in [2.24, 2.45) is 0 Å². The van der Waals surface area contributed by atoms with Gasteiger partial charge in [-0.05, 0) is 24.5 Å². The summed E-state index contributed by atoms with van der Waals surface area (Å²) in [5.74, 6) is 1.09. The van der Waals surface area contributed by atoms with Crippen molar-refractivity contribution in [3.63, 3.8) is 0 Å². The smallest absolute Gasteiger partial charge is 0.0991 e. The number of allylic oxidation sites excluding steroid dienone is 2. The van der Waals surface area contributed by atoms with Crippen LogP contribution in [0.4, 0.5) is 0 Å². The van der Waals surface area contributed by atoms with Crippen LogP contribution in [0.1, 0.15) is 32.3 Å². The molecule has 0 aliphatic carbocycles. The van der Waals surface area contributed by atoms with Crippen LogP contribution in [0.3, 0.4) is 0 Å². The SMILES string of the molecule is CCC1C=CC=C(NCC(CC)OCc2ccccc2)N1. The Morgan fingerprint density at radius 1 is 1.24 bits per heavy atom. The minimum Gasteiger partial charge on any atom is -0.372 e. The molecule has 0 saturated carbocycles. The van der Waals surface area contributed by atoms with Gasteiger partial charge in [0, 0.05) is 12.6 Å². The van der Waals surface area contributed by atoms with Crippen molar-refractivity contribution in [3.8, 4) is 0 Å². The standard InChI is InChI=1S/C18H26N2O/c1-3-16-11-8-12-18(20-16)19-13-17(4-2)21-14-15-9-6-5-7-10-15/h5-12,16-17,19-20H,3-4,13-14H2,1-2H3. The molecular weight excluding hydrogens is 260 g/mol. The molecule has 2 N–H and O–H groups in total. The largest absolute Gasteiger partial charge is 0.372 e. The number of rotatable bonds is 8. The molecule has 1 aromatic carbocycles. The molecule has 1 aromatic rings. The molecule has 0 spiro atoms. The maximum atomic E-state index is 5.99. The molecule has 114 valence electrons. The van der Waals surface area contributed by atoms with Gasteiger partial charge in [0.15, 0.2) is 0 Å². The van der Waals surface area contributed by atoms with E-state index in [2.05, 4.69) is 54.8 Å². The van der Waals surface area contributed by atoms with E-state index in [-0.39, 0.29) is 6.10 Å². The van der Waals surface area contributed by atoms with Crippen LogP contribution in [0.2, 0.25) is 0 Å². The molecule has 3 nitrogen and oxygen atoms in total. The van der Waals surface area contributed by atoms with Crippen molar-refractivity contribution in [1.82, 2.24) is 10.6 Å². The summed E-state index contributed by atoms with van der Waals surface area (Å²) in [7, 11) is 0. The van der Waals surface area contributed by atoms with E-state index in [0.29, 0.717) is 12.6 Å². The second kappa shape index (κ2) is 8.53. The number of hydrogen-bond donors (Lipinski definition) is 2. The van der Waals surface area contributed by atoms with E-state index in [1.54, 1.807) is 0 Å². The molecule has 2 atom stereocenters. The predicted octanol–water partition coefficient (Wildman–Crippen LogP) is 3.35. The van der Waals surface area contributed by atoms with Gasteiger partial charge >= 0.3 is 0 Å². The molecule has 21 heavy (non-hydrogen) atoms. The highest BCUT2D eigenvalue weighted by Gasteiger charge is 2.10. The van der Waals surface area contributed by atoms with Crippen molar-refractivity contribution in [3.05, 3.63) is 59.9 Å². The maximum Gasteiger partial charge on any atom is 0.0991 e. The lowest BCUT2D eigenvalue weighted by Gasteiger charge is -2.24. The van der Waals surface area contributed by atoms with Crippen LogP contribution < -0.4 is 10.6 Å². The van der Waals surface area contributed by atoms with Gasteiger partial charge in [0.25, 0.3) is 0 Å². The highest BCUT2D eigenvalue weighted by molar-refractivity contribution is 5.18. The Bertz CT molecular complexity index is 467. The Kier molecular flexibility index (Phi) is 6.35. The lowest BCUT2D eigenvalue weighted by molar-refractivity contribution is 0.0396. The van der Waals surface area contributed by atoms with Crippen molar-refractivity contribution in [2.75, 3.05) is 6.54 Å². The van der Waals surface area contributed by atoms with E-state index in [9.17, 15) is 0 Å². The fraction of sp³-hybridized carbons (Fsp3) is 0.444. The summed E-state index contributed by atoms with van der Waals surface area (Å²) in [4.78, 5) is 0. The molecule has 1 aliphatic rings. The number of nitrogens with one attached hydrogen (secondary N) is 2. The van der Waals surface area contributed by atoms with Gasteiger partial charge in [-0.2, -0.15) is 0 Å². The maximum absolute atomic E-state index is 5.99. The van der Waals surface area contributed by atoms with E-state index in [1.807, 2.05) is 18.2 Å². The van der Waals surface area contributed by atoms with E-state index in [4.69, 9.17) is 4.74 Å². The second-order valence-electron chi connectivity index (χ2n) is 5.33. The van der Waals surface area contributed by atoms with Gasteiger partial charge in [-0.1, -0.05) is 56.3 Å².